The van der Waals surface area contributed by atoms with Crippen LogP contribution >= 0.6 is 0 Å². The summed E-state index contributed by atoms with van der Waals surface area (Å²) in [6.07, 6.45) is -0.328. The van der Waals surface area contributed by atoms with Gasteiger partial charge < -0.3 is 29.2 Å². The Balaban J connectivity index is 1.79. The van der Waals surface area contributed by atoms with Crippen LogP contribution in [-0.4, -0.2) is 75.1 Å². The van der Waals surface area contributed by atoms with Crippen LogP contribution in [0.25, 0.3) is 10.9 Å². The van der Waals surface area contributed by atoms with E-state index in [-0.39, 0.29) is 31.0 Å². The highest BCUT2D eigenvalue weighted by Gasteiger charge is 2.23. The molecule has 0 unspecified atom stereocenters. The molecular weight excluding hydrogens is 366 g/mol. The summed E-state index contributed by atoms with van der Waals surface area (Å²) in [5, 5.41) is 3.50. The summed E-state index contributed by atoms with van der Waals surface area (Å²) in [5.41, 5.74) is 1.27. The lowest BCUT2D eigenvalue weighted by molar-refractivity contribution is -0.118. The second-order valence-corrected chi connectivity index (χ2v) is 6.42. The molecule has 28 heavy (non-hydrogen) atoms. The van der Waals surface area contributed by atoms with Crippen LogP contribution in [0, 0.1) is 0 Å². The zero-order valence-electron chi connectivity index (χ0n) is 16.2. The number of benzene rings is 1. The second kappa shape index (κ2) is 9.05. The first-order valence-electron chi connectivity index (χ1n) is 9.10. The van der Waals surface area contributed by atoms with Gasteiger partial charge in [-0.25, -0.2) is 4.79 Å². The number of hydrogen-bond acceptors (Lipinski definition) is 7. The van der Waals surface area contributed by atoms with E-state index in [1.54, 1.807) is 44.2 Å². The van der Waals surface area contributed by atoms with Gasteiger partial charge in [0, 0.05) is 17.4 Å². The number of esters is 1. The van der Waals surface area contributed by atoms with E-state index in [9.17, 15) is 9.59 Å². The van der Waals surface area contributed by atoms with Crippen molar-refractivity contribution < 1.29 is 28.5 Å². The van der Waals surface area contributed by atoms with Gasteiger partial charge in [-0.15, -0.1) is 0 Å². The smallest absolute Gasteiger partial charge is 0.356 e. The number of aromatic amines is 1. The molecule has 1 fully saturated rings. The van der Waals surface area contributed by atoms with Crippen molar-refractivity contribution in [2.24, 2.45) is 0 Å². The van der Waals surface area contributed by atoms with Crippen LogP contribution in [0.1, 0.15) is 17.4 Å². The normalized spacial score (nSPS) is 14.6. The molecule has 2 N–H and O–H groups in total. The van der Waals surface area contributed by atoms with Crippen molar-refractivity contribution in [3.05, 3.63) is 23.9 Å². The third-order valence-electron chi connectivity index (χ3n) is 4.31. The first-order chi connectivity index (χ1) is 13.5. The molecule has 1 aromatic heterocycles. The number of likely N-dealkylation sites (N-methyl/N-ethyl adjacent to an activating group) is 1. The average molecular weight is 391 g/mol. The maximum Gasteiger partial charge on any atom is 0.356 e. The van der Waals surface area contributed by atoms with Crippen molar-refractivity contribution >= 4 is 28.5 Å². The van der Waals surface area contributed by atoms with E-state index in [1.807, 2.05) is 0 Å². The average Bonchev–Trinajstić information content (AvgIpc) is 3.29. The van der Waals surface area contributed by atoms with Crippen LogP contribution in [0.3, 0.4) is 0 Å². The maximum atomic E-state index is 12.6. The topological polar surface area (TPSA) is 102 Å². The first kappa shape index (κ1) is 20.1. The molecule has 2 aromatic rings. The summed E-state index contributed by atoms with van der Waals surface area (Å²) in [7, 11) is 3.36. The van der Waals surface area contributed by atoms with E-state index < -0.39 is 5.97 Å². The van der Waals surface area contributed by atoms with Crippen LogP contribution < -0.4 is 10.1 Å². The van der Waals surface area contributed by atoms with Crippen molar-refractivity contribution in [1.29, 1.82) is 0 Å². The number of ether oxygens (including phenoxy) is 4. The number of aromatic nitrogens is 1. The molecule has 1 aliphatic heterocycles. The van der Waals surface area contributed by atoms with Crippen molar-refractivity contribution in [2.75, 3.05) is 52.4 Å². The van der Waals surface area contributed by atoms with Crippen LogP contribution in [0.5, 0.6) is 5.75 Å². The molecule has 0 radical (unpaired) electrons. The Morgan fingerprint density at radius 1 is 1.32 bits per heavy atom. The minimum absolute atomic E-state index is 0.113. The Bertz CT molecular complexity index is 844. The highest BCUT2D eigenvalue weighted by Crippen LogP contribution is 2.31. The highest BCUT2D eigenvalue weighted by atomic mass is 16.7. The fraction of sp³-hybridized carbons (Fsp3) is 0.474. The number of carbonyl (C=O) groups is 2. The van der Waals surface area contributed by atoms with Crippen LogP contribution in [0.15, 0.2) is 18.2 Å². The van der Waals surface area contributed by atoms with Crippen molar-refractivity contribution in [3.8, 4) is 5.75 Å². The number of methoxy groups -OCH3 is 1. The van der Waals surface area contributed by atoms with Crippen molar-refractivity contribution in [1.82, 2.24) is 9.88 Å². The Morgan fingerprint density at radius 2 is 2.07 bits per heavy atom. The van der Waals surface area contributed by atoms with Gasteiger partial charge >= 0.3 is 5.97 Å². The summed E-state index contributed by atoms with van der Waals surface area (Å²) in [5.74, 6) is -0.186. The highest BCUT2D eigenvalue weighted by molar-refractivity contribution is 6.11. The maximum absolute atomic E-state index is 12.6. The fourth-order valence-corrected chi connectivity index (χ4v) is 3.04. The third-order valence-corrected chi connectivity index (χ3v) is 4.31. The van der Waals surface area contributed by atoms with Gasteiger partial charge in [0.05, 0.1) is 39.2 Å². The monoisotopic (exact) mass is 391 g/mol. The number of H-pyrrole nitrogens is 1. The van der Waals surface area contributed by atoms with Crippen molar-refractivity contribution in [3.63, 3.8) is 0 Å². The number of fused-ring (bicyclic) bond motifs is 1. The number of nitrogens with zero attached hydrogens (tertiary/aromatic N) is 1. The molecule has 0 atom stereocenters. The SMILES string of the molecule is CCOC(=O)c1[nH]c2ccc(OC)cc2c1NC(=O)CN(C)CC1OCCO1. The molecule has 0 bridgehead atoms. The Kier molecular flexibility index (Phi) is 6.50. The van der Waals surface area contributed by atoms with Gasteiger partial charge in [0.2, 0.25) is 5.91 Å². The molecule has 9 nitrogen and oxygen atoms in total. The van der Waals surface area contributed by atoms with E-state index in [0.717, 1.165) is 0 Å². The number of carbonyl (C=O) groups excluding carboxylic acids is 2. The Labute approximate surface area is 162 Å². The molecule has 0 aliphatic carbocycles. The molecule has 3 rings (SSSR count). The first-order valence-corrected chi connectivity index (χ1v) is 9.10. The van der Waals surface area contributed by atoms with E-state index in [1.165, 1.54) is 0 Å². The summed E-state index contributed by atoms with van der Waals surface area (Å²) in [6, 6.07) is 5.32. The minimum Gasteiger partial charge on any atom is -0.497 e. The molecular formula is C19H25N3O6. The minimum atomic E-state index is -0.533. The number of hydrogen-bond donors (Lipinski definition) is 2. The van der Waals surface area contributed by atoms with Gasteiger partial charge in [-0.1, -0.05) is 0 Å². The molecule has 2 heterocycles. The quantitative estimate of drug-likeness (QED) is 0.659. The number of amides is 1. The molecule has 1 aliphatic rings. The predicted molar refractivity (Wildman–Crippen MR) is 103 cm³/mol. The molecule has 0 saturated carbocycles. The predicted octanol–water partition coefficient (Wildman–Crippen LogP) is 1.60. The third kappa shape index (κ3) is 4.61. The molecule has 1 saturated heterocycles. The summed E-state index contributed by atoms with van der Waals surface area (Å²) in [6.45, 7) is 3.66. The second-order valence-electron chi connectivity index (χ2n) is 6.42. The van der Waals surface area contributed by atoms with Gasteiger partial charge in [-0.05, 0) is 32.2 Å². The van der Waals surface area contributed by atoms with E-state index in [0.29, 0.717) is 42.1 Å². The molecule has 0 spiro atoms. The zero-order chi connectivity index (χ0) is 20.1. The molecule has 1 amide bonds. The lowest BCUT2D eigenvalue weighted by Gasteiger charge is -2.19. The van der Waals surface area contributed by atoms with Gasteiger partial charge in [-0.3, -0.25) is 9.69 Å². The number of nitrogens with one attached hydrogen (secondary N) is 2. The number of anilines is 1. The molecule has 152 valence electrons. The van der Waals surface area contributed by atoms with Crippen LogP contribution in [0.2, 0.25) is 0 Å². The van der Waals surface area contributed by atoms with Crippen molar-refractivity contribution in [2.45, 2.75) is 13.2 Å². The summed E-state index contributed by atoms with van der Waals surface area (Å²) < 4.78 is 21.2. The van der Waals surface area contributed by atoms with Gasteiger partial charge in [0.1, 0.15) is 11.4 Å². The van der Waals surface area contributed by atoms with E-state index >= 15 is 0 Å². The molecule has 9 heteroatoms. The lowest BCUT2D eigenvalue weighted by Crippen LogP contribution is -2.36. The van der Waals surface area contributed by atoms with Gasteiger partial charge in [0.15, 0.2) is 6.29 Å². The van der Waals surface area contributed by atoms with Gasteiger partial charge in [-0.2, -0.15) is 0 Å². The Morgan fingerprint density at radius 3 is 2.75 bits per heavy atom. The van der Waals surface area contributed by atoms with E-state index in [2.05, 4.69) is 10.3 Å². The van der Waals surface area contributed by atoms with Crippen LogP contribution in [-0.2, 0) is 19.0 Å². The lowest BCUT2D eigenvalue weighted by atomic mass is 10.2. The summed E-state index contributed by atoms with van der Waals surface area (Å²) in [4.78, 5) is 29.8. The standard InChI is InChI=1S/C19H25N3O6/c1-4-26-19(24)18-17(13-9-12(25-3)5-6-14(13)20-18)21-15(23)10-22(2)11-16-27-7-8-28-16/h5-6,9,16,20H,4,7-8,10-11H2,1-3H3,(H,21,23). The van der Waals surface area contributed by atoms with Gasteiger partial charge in [0.25, 0.3) is 0 Å². The Hall–Kier alpha value is -2.62. The zero-order valence-corrected chi connectivity index (χ0v) is 16.2. The summed E-state index contributed by atoms with van der Waals surface area (Å²) >= 11 is 0. The van der Waals surface area contributed by atoms with E-state index in [4.69, 9.17) is 18.9 Å². The fourth-order valence-electron chi connectivity index (χ4n) is 3.04. The van der Waals surface area contributed by atoms with Crippen LogP contribution in [0.4, 0.5) is 5.69 Å². The largest absolute Gasteiger partial charge is 0.497 e. The number of rotatable bonds is 8. The molecule has 1 aromatic carbocycles.